The molecule has 1 N–H and O–H groups in total. The molecule has 2 nitrogen and oxygen atoms in total. The highest BCUT2D eigenvalue weighted by molar-refractivity contribution is 9.13. The Balaban J connectivity index is 1.73. The van der Waals surface area contributed by atoms with E-state index >= 15 is 0 Å². The minimum absolute atomic E-state index is 0.904. The third kappa shape index (κ3) is 4.17. The van der Waals surface area contributed by atoms with Crippen LogP contribution in [0.15, 0.2) is 38.7 Å². The smallest absolute Gasteiger partial charge is 0.0843 e. The predicted octanol–water partition coefficient (Wildman–Crippen LogP) is 4.00. The van der Waals surface area contributed by atoms with E-state index in [0.717, 1.165) is 33.5 Å². The van der Waals surface area contributed by atoms with Gasteiger partial charge in [-0.1, -0.05) is 6.07 Å². The summed E-state index contributed by atoms with van der Waals surface area (Å²) < 4.78 is 2.28. The van der Waals surface area contributed by atoms with Crippen LogP contribution in [0.25, 0.3) is 0 Å². The topological polar surface area (TPSA) is 24.9 Å². The maximum absolute atomic E-state index is 4.29. The maximum atomic E-state index is 4.29. The van der Waals surface area contributed by atoms with Crippen LogP contribution in [-0.4, -0.2) is 11.5 Å². The number of pyridine rings is 1. The van der Waals surface area contributed by atoms with Gasteiger partial charge in [0.25, 0.3) is 0 Å². The summed E-state index contributed by atoms with van der Waals surface area (Å²) in [7, 11) is 0. The van der Waals surface area contributed by atoms with Gasteiger partial charge in [-0.2, -0.15) is 0 Å². The van der Waals surface area contributed by atoms with Crippen LogP contribution in [-0.2, 0) is 13.0 Å². The SMILES string of the molecule is Brc1cc(CNCCc2ccccn2)sc1Br. The lowest BCUT2D eigenvalue weighted by molar-refractivity contribution is 0.686. The fourth-order valence-corrected chi connectivity index (χ4v) is 3.60. The van der Waals surface area contributed by atoms with Crippen LogP contribution in [0.5, 0.6) is 0 Å². The van der Waals surface area contributed by atoms with Gasteiger partial charge in [-0.3, -0.25) is 4.98 Å². The van der Waals surface area contributed by atoms with Gasteiger partial charge in [0.15, 0.2) is 0 Å². The van der Waals surface area contributed by atoms with E-state index in [9.17, 15) is 0 Å². The number of aromatic nitrogens is 1. The van der Waals surface area contributed by atoms with E-state index in [1.165, 1.54) is 4.88 Å². The summed E-state index contributed by atoms with van der Waals surface area (Å²) in [6.45, 7) is 1.85. The molecule has 0 aliphatic heterocycles. The second-order valence-corrected chi connectivity index (χ2v) is 6.89. The average molecular weight is 376 g/mol. The monoisotopic (exact) mass is 374 g/mol. The highest BCUT2D eigenvalue weighted by Crippen LogP contribution is 2.32. The summed E-state index contributed by atoms with van der Waals surface area (Å²) in [6, 6.07) is 8.16. The quantitative estimate of drug-likeness (QED) is 0.799. The summed E-state index contributed by atoms with van der Waals surface area (Å²) in [5, 5.41) is 3.42. The zero-order chi connectivity index (χ0) is 12.1. The molecule has 0 atom stereocenters. The van der Waals surface area contributed by atoms with E-state index in [0.29, 0.717) is 0 Å². The fraction of sp³-hybridized carbons (Fsp3) is 0.250. The van der Waals surface area contributed by atoms with E-state index in [4.69, 9.17) is 0 Å². The molecular weight excluding hydrogens is 364 g/mol. The van der Waals surface area contributed by atoms with E-state index in [1.54, 1.807) is 11.3 Å². The Bertz CT molecular complexity index is 451. The summed E-state index contributed by atoms with van der Waals surface area (Å²) in [5.41, 5.74) is 1.13. The first-order valence-corrected chi connectivity index (χ1v) is 7.70. The first-order chi connectivity index (χ1) is 8.25. The van der Waals surface area contributed by atoms with Gasteiger partial charge in [-0.05, 0) is 50.1 Å². The molecule has 0 amide bonds. The van der Waals surface area contributed by atoms with E-state index in [-0.39, 0.29) is 0 Å². The fourth-order valence-electron chi connectivity index (χ4n) is 1.45. The van der Waals surface area contributed by atoms with Crippen molar-refractivity contribution in [1.29, 1.82) is 0 Å². The summed E-state index contributed by atoms with van der Waals surface area (Å²) in [5.74, 6) is 0. The van der Waals surface area contributed by atoms with Crippen molar-refractivity contribution in [2.45, 2.75) is 13.0 Å². The van der Waals surface area contributed by atoms with Gasteiger partial charge in [0.1, 0.15) is 0 Å². The van der Waals surface area contributed by atoms with Crippen molar-refractivity contribution in [2.75, 3.05) is 6.54 Å². The molecule has 2 aromatic heterocycles. The number of rotatable bonds is 5. The van der Waals surface area contributed by atoms with Crippen molar-refractivity contribution >= 4 is 43.2 Å². The second-order valence-electron chi connectivity index (χ2n) is 3.58. The Morgan fingerprint density at radius 1 is 1.29 bits per heavy atom. The molecular formula is C12H12Br2N2S. The van der Waals surface area contributed by atoms with Crippen LogP contribution in [0.1, 0.15) is 10.6 Å². The van der Waals surface area contributed by atoms with Gasteiger partial charge < -0.3 is 5.32 Å². The second kappa shape index (κ2) is 6.64. The number of nitrogens with zero attached hydrogens (tertiary/aromatic N) is 1. The Morgan fingerprint density at radius 3 is 2.82 bits per heavy atom. The zero-order valence-electron chi connectivity index (χ0n) is 9.12. The summed E-state index contributed by atoms with van der Waals surface area (Å²) in [6.07, 6.45) is 2.80. The van der Waals surface area contributed by atoms with Crippen molar-refractivity contribution in [2.24, 2.45) is 0 Å². The van der Waals surface area contributed by atoms with Crippen LogP contribution < -0.4 is 5.32 Å². The molecule has 0 saturated heterocycles. The number of halogens is 2. The molecule has 0 unspecified atom stereocenters. The summed E-state index contributed by atoms with van der Waals surface area (Å²) in [4.78, 5) is 5.61. The molecule has 90 valence electrons. The molecule has 0 saturated carbocycles. The number of nitrogens with one attached hydrogen (secondary N) is 1. The van der Waals surface area contributed by atoms with Crippen molar-refractivity contribution in [3.05, 3.63) is 49.3 Å². The predicted molar refractivity (Wildman–Crippen MR) is 79.4 cm³/mol. The highest BCUT2D eigenvalue weighted by atomic mass is 79.9. The molecule has 0 spiro atoms. The Morgan fingerprint density at radius 2 is 2.18 bits per heavy atom. The van der Waals surface area contributed by atoms with Crippen molar-refractivity contribution in [3.8, 4) is 0 Å². The summed E-state index contributed by atoms with van der Waals surface area (Å²) >= 11 is 8.74. The lowest BCUT2D eigenvalue weighted by Gasteiger charge is -2.02. The number of thiophene rings is 1. The Hall–Kier alpha value is -0.230. The molecule has 0 aliphatic rings. The largest absolute Gasteiger partial charge is 0.311 e. The maximum Gasteiger partial charge on any atom is 0.0843 e. The van der Waals surface area contributed by atoms with Crippen LogP contribution in [0.2, 0.25) is 0 Å². The lowest BCUT2D eigenvalue weighted by atomic mass is 10.3. The molecule has 17 heavy (non-hydrogen) atoms. The molecule has 0 bridgehead atoms. The number of hydrogen-bond acceptors (Lipinski definition) is 3. The minimum Gasteiger partial charge on any atom is -0.311 e. The van der Waals surface area contributed by atoms with Crippen molar-refractivity contribution in [3.63, 3.8) is 0 Å². The lowest BCUT2D eigenvalue weighted by Crippen LogP contribution is -2.16. The first-order valence-electron chi connectivity index (χ1n) is 5.30. The van der Waals surface area contributed by atoms with Crippen molar-refractivity contribution in [1.82, 2.24) is 10.3 Å². The molecule has 0 aromatic carbocycles. The van der Waals surface area contributed by atoms with Crippen LogP contribution in [0.4, 0.5) is 0 Å². The third-order valence-electron chi connectivity index (χ3n) is 2.28. The van der Waals surface area contributed by atoms with Gasteiger partial charge in [-0.25, -0.2) is 0 Å². The average Bonchev–Trinajstić information content (AvgIpc) is 2.66. The van der Waals surface area contributed by atoms with Crippen LogP contribution >= 0.6 is 43.2 Å². The van der Waals surface area contributed by atoms with E-state index in [2.05, 4.69) is 54.3 Å². The minimum atomic E-state index is 0.904. The Labute approximate surface area is 122 Å². The Kier molecular flexibility index (Phi) is 5.16. The van der Waals surface area contributed by atoms with E-state index < -0.39 is 0 Å². The van der Waals surface area contributed by atoms with Gasteiger partial charge in [0, 0.05) is 40.8 Å². The van der Waals surface area contributed by atoms with Crippen LogP contribution in [0, 0.1) is 0 Å². The molecule has 5 heteroatoms. The molecule has 2 aromatic rings. The molecule has 2 rings (SSSR count). The molecule has 0 aliphatic carbocycles. The van der Waals surface area contributed by atoms with Gasteiger partial charge in [0.2, 0.25) is 0 Å². The van der Waals surface area contributed by atoms with Crippen molar-refractivity contribution < 1.29 is 0 Å². The zero-order valence-corrected chi connectivity index (χ0v) is 13.1. The molecule has 2 heterocycles. The van der Waals surface area contributed by atoms with Crippen LogP contribution in [0.3, 0.4) is 0 Å². The normalized spacial score (nSPS) is 10.7. The highest BCUT2D eigenvalue weighted by Gasteiger charge is 2.03. The number of hydrogen-bond donors (Lipinski definition) is 1. The first kappa shape index (κ1) is 13.2. The van der Waals surface area contributed by atoms with Gasteiger partial charge in [0.05, 0.1) is 3.79 Å². The third-order valence-corrected chi connectivity index (χ3v) is 5.54. The van der Waals surface area contributed by atoms with Gasteiger partial charge >= 0.3 is 0 Å². The van der Waals surface area contributed by atoms with E-state index in [1.807, 2.05) is 18.3 Å². The standard InChI is InChI=1S/C12H12Br2N2S/c13-11-7-10(17-12(11)14)8-15-6-4-9-3-1-2-5-16-9/h1-3,5,7,15H,4,6,8H2. The molecule has 0 radical (unpaired) electrons. The molecule has 0 fully saturated rings. The van der Waals surface area contributed by atoms with Gasteiger partial charge in [-0.15, -0.1) is 11.3 Å².